The van der Waals surface area contributed by atoms with E-state index in [-0.39, 0.29) is 47.6 Å². The molecule has 0 N–H and O–H groups in total. The average Bonchev–Trinajstić information content (AvgIpc) is 2.21. The van der Waals surface area contributed by atoms with Crippen molar-refractivity contribution in [3.05, 3.63) is 58.2 Å². The normalized spacial score (nSPS) is 11.3. The third-order valence-corrected chi connectivity index (χ3v) is 2.35. The van der Waals surface area contributed by atoms with Gasteiger partial charge in [-0.25, -0.2) is 0 Å². The van der Waals surface area contributed by atoms with Crippen LogP contribution in [0.15, 0.2) is 36.4 Å². The van der Waals surface area contributed by atoms with Gasteiger partial charge in [-0.1, -0.05) is 42.8 Å². The molecule has 0 unspecified atom stereocenters. The van der Waals surface area contributed by atoms with Crippen molar-refractivity contribution in [2.45, 2.75) is 33.1 Å². The second kappa shape index (κ2) is 19.3. The van der Waals surface area contributed by atoms with Crippen LogP contribution in [0.25, 0.3) is 0 Å². The van der Waals surface area contributed by atoms with E-state index in [0.717, 1.165) is 12.8 Å². The van der Waals surface area contributed by atoms with Gasteiger partial charge >= 0.3 is 32.7 Å². The molecule has 2 heteroatoms. The van der Waals surface area contributed by atoms with Crippen molar-refractivity contribution in [2.24, 2.45) is 5.92 Å². The molecular weight excluding hydrogens is 297 g/mol. The summed E-state index contributed by atoms with van der Waals surface area (Å²) in [6, 6.07) is 12.0. The van der Waals surface area contributed by atoms with Crippen LogP contribution in [0.5, 0.6) is 0 Å². The first-order valence-corrected chi connectivity index (χ1v) is 5.52. The van der Waals surface area contributed by atoms with Crippen LogP contribution in [0.4, 0.5) is 0 Å². The van der Waals surface area contributed by atoms with Gasteiger partial charge in [0.1, 0.15) is 5.78 Å². The standard InChI is InChI=1S/C6H10O.C6H6.C2H5.2CH3.Y/c1-5(7)6-3-2-4-6;1-2-4-6-5-3-1;1-2;;;/h6H,2-4H2,1H3;1-6H;1H2,2H3;2*1H3;/q;;3*-1;+3. The van der Waals surface area contributed by atoms with Crippen LogP contribution in [0.3, 0.4) is 0 Å². The molecule has 100 valence electrons. The van der Waals surface area contributed by atoms with E-state index in [1.165, 1.54) is 6.42 Å². The van der Waals surface area contributed by atoms with E-state index in [1.807, 2.05) is 36.4 Å². The zero-order chi connectivity index (χ0) is 11.5. The summed E-state index contributed by atoms with van der Waals surface area (Å²) in [5.74, 6) is 0.825. The molecule has 1 aliphatic rings. The molecule has 0 atom stereocenters. The fourth-order valence-electron chi connectivity index (χ4n) is 1.20. The molecule has 0 aromatic heterocycles. The Kier molecular flexibility index (Phi) is 28.5. The second-order valence-corrected chi connectivity index (χ2v) is 3.39. The third-order valence-electron chi connectivity index (χ3n) is 2.35. The monoisotopic (exact) mass is 324 g/mol. The van der Waals surface area contributed by atoms with Gasteiger partial charge in [0.2, 0.25) is 0 Å². The van der Waals surface area contributed by atoms with Crippen molar-refractivity contribution < 1.29 is 37.5 Å². The minimum Gasteiger partial charge on any atom is -0.358 e. The molecule has 18 heavy (non-hydrogen) atoms. The van der Waals surface area contributed by atoms with Gasteiger partial charge in [0, 0.05) is 5.92 Å². The molecule has 0 heterocycles. The van der Waals surface area contributed by atoms with Gasteiger partial charge in [-0.05, 0) is 19.8 Å². The summed E-state index contributed by atoms with van der Waals surface area (Å²) >= 11 is 0. The number of carbonyl (C=O) groups is 1. The number of rotatable bonds is 1. The Morgan fingerprint density at radius 2 is 1.22 bits per heavy atom. The van der Waals surface area contributed by atoms with Gasteiger partial charge in [0.05, 0.1) is 0 Å². The van der Waals surface area contributed by atoms with Gasteiger partial charge in [0.15, 0.2) is 0 Å². The van der Waals surface area contributed by atoms with E-state index in [9.17, 15) is 4.79 Å². The Hall–Kier alpha value is -0.00610. The zero-order valence-electron chi connectivity index (χ0n) is 12.4. The smallest absolute Gasteiger partial charge is 0.358 e. The number of hydrogen-bond donors (Lipinski definition) is 0. The van der Waals surface area contributed by atoms with E-state index in [1.54, 1.807) is 13.8 Å². The quantitative estimate of drug-likeness (QED) is 0.678. The zero-order valence-corrected chi connectivity index (χ0v) is 15.2. The summed E-state index contributed by atoms with van der Waals surface area (Å²) in [6.07, 6.45) is 3.56. The van der Waals surface area contributed by atoms with E-state index in [0.29, 0.717) is 11.7 Å². The molecule has 0 aliphatic heterocycles. The summed E-state index contributed by atoms with van der Waals surface area (Å²) in [5, 5.41) is 0. The molecule has 0 radical (unpaired) electrons. The molecule has 0 saturated heterocycles. The maximum atomic E-state index is 10.4. The van der Waals surface area contributed by atoms with Crippen molar-refractivity contribution in [3.8, 4) is 0 Å². The van der Waals surface area contributed by atoms with Crippen molar-refractivity contribution in [1.29, 1.82) is 0 Å². The fourth-order valence-corrected chi connectivity index (χ4v) is 1.20. The van der Waals surface area contributed by atoms with Crippen molar-refractivity contribution in [2.75, 3.05) is 0 Å². The summed E-state index contributed by atoms with van der Waals surface area (Å²) < 4.78 is 0. The van der Waals surface area contributed by atoms with Crippen molar-refractivity contribution in [3.63, 3.8) is 0 Å². The van der Waals surface area contributed by atoms with Crippen LogP contribution < -0.4 is 0 Å². The Morgan fingerprint density at radius 1 is 0.944 bits per heavy atom. The number of Topliss-reactive ketones (excluding diaryl/α,β-unsaturated/α-hetero) is 1. The van der Waals surface area contributed by atoms with E-state index >= 15 is 0 Å². The van der Waals surface area contributed by atoms with Crippen LogP contribution in [-0.2, 0) is 37.5 Å². The molecule has 1 fully saturated rings. The average molecular weight is 324 g/mol. The topological polar surface area (TPSA) is 17.1 Å². The maximum Gasteiger partial charge on any atom is 3.00 e. The third kappa shape index (κ3) is 14.1. The molecule has 1 aromatic carbocycles. The van der Waals surface area contributed by atoms with Crippen molar-refractivity contribution in [1.82, 2.24) is 0 Å². The predicted molar refractivity (Wildman–Crippen MR) is 78.3 cm³/mol. The molecule has 1 aromatic rings. The summed E-state index contributed by atoms with van der Waals surface area (Å²) in [5.41, 5.74) is 0. The summed E-state index contributed by atoms with van der Waals surface area (Å²) in [6.45, 7) is 6.68. The van der Waals surface area contributed by atoms with Crippen LogP contribution in [-0.4, -0.2) is 5.78 Å². The molecule has 0 spiro atoms. The number of hydrogen-bond acceptors (Lipinski definition) is 1. The van der Waals surface area contributed by atoms with E-state index < -0.39 is 0 Å². The Bertz CT molecular complexity index is 216. The fraction of sp³-hybridized carbons (Fsp3) is 0.375. The SMILES string of the molecule is CC(=O)C1CCC1.[CH2-]C.[CH3-].[CH3-].[Y+3].c1ccccc1. The summed E-state index contributed by atoms with van der Waals surface area (Å²) in [7, 11) is 0. The number of carbonyl (C=O) groups excluding carboxylic acids is 1. The maximum absolute atomic E-state index is 10.4. The molecule has 1 saturated carbocycles. The Morgan fingerprint density at radius 3 is 1.28 bits per heavy atom. The van der Waals surface area contributed by atoms with Crippen LogP contribution in [0, 0.1) is 27.7 Å². The largest absolute Gasteiger partial charge is 3.00 e. The molecule has 0 amide bonds. The first-order valence-electron chi connectivity index (χ1n) is 5.52. The van der Waals surface area contributed by atoms with Crippen molar-refractivity contribution >= 4 is 5.78 Å². The molecule has 1 aliphatic carbocycles. The van der Waals surface area contributed by atoms with E-state index in [2.05, 4.69) is 6.92 Å². The second-order valence-electron chi connectivity index (χ2n) is 3.39. The van der Waals surface area contributed by atoms with Crippen LogP contribution in [0.1, 0.15) is 33.1 Å². The van der Waals surface area contributed by atoms with Gasteiger partial charge in [0.25, 0.3) is 0 Å². The molecule has 1 nitrogen and oxygen atoms in total. The predicted octanol–water partition coefficient (Wildman–Crippen LogP) is 4.80. The van der Waals surface area contributed by atoms with Gasteiger partial charge in [-0.2, -0.15) is 6.92 Å². The minimum atomic E-state index is 0. The first kappa shape index (κ1) is 26.5. The molecule has 0 bridgehead atoms. The first-order chi connectivity index (χ1) is 7.30. The minimum absolute atomic E-state index is 0. The Balaban J connectivity index is -0.0000000839. The van der Waals surface area contributed by atoms with Gasteiger partial charge < -0.3 is 21.8 Å². The summed E-state index contributed by atoms with van der Waals surface area (Å²) in [4.78, 5) is 10.4. The van der Waals surface area contributed by atoms with Gasteiger partial charge in [-0.3, -0.25) is 4.79 Å². The number of benzene rings is 1. The Labute approximate surface area is 140 Å². The molecule has 2 rings (SSSR count). The van der Waals surface area contributed by atoms with E-state index in [4.69, 9.17) is 0 Å². The van der Waals surface area contributed by atoms with Crippen LogP contribution >= 0.6 is 0 Å². The van der Waals surface area contributed by atoms with Gasteiger partial charge in [-0.15, -0.1) is 0 Å². The van der Waals surface area contributed by atoms with Crippen LogP contribution in [0.2, 0.25) is 0 Å². The molecular formula is C16H27OY. The number of ketones is 1.